The van der Waals surface area contributed by atoms with Crippen LogP contribution in [0.2, 0.25) is 5.02 Å². The van der Waals surface area contributed by atoms with Crippen LogP contribution in [0.4, 0.5) is 4.39 Å². The molecule has 0 aliphatic carbocycles. The summed E-state index contributed by atoms with van der Waals surface area (Å²) in [5, 5.41) is 15.2. The third-order valence-corrected chi connectivity index (χ3v) is 3.08. The summed E-state index contributed by atoms with van der Waals surface area (Å²) in [6.45, 7) is 6.98. The van der Waals surface area contributed by atoms with Gasteiger partial charge in [0.05, 0.1) is 6.04 Å². The van der Waals surface area contributed by atoms with E-state index < -0.39 is 5.82 Å². The van der Waals surface area contributed by atoms with Crippen molar-refractivity contribution in [3.05, 3.63) is 34.9 Å². The van der Waals surface area contributed by atoms with Gasteiger partial charge in [-0.25, -0.2) is 4.39 Å². The highest BCUT2D eigenvalue weighted by atomic mass is 35.5. The van der Waals surface area contributed by atoms with Crippen LogP contribution in [0.5, 0.6) is 0 Å². The number of hydrogen-bond donors (Lipinski definition) is 1. The predicted octanol–water partition coefficient (Wildman–Crippen LogP) is 2.76. The van der Waals surface area contributed by atoms with Gasteiger partial charge in [0.15, 0.2) is 5.82 Å². The predicted molar refractivity (Wildman–Crippen MR) is 75.4 cm³/mol. The molecule has 0 aliphatic rings. The second kappa shape index (κ2) is 6.28. The van der Waals surface area contributed by atoms with Crippen molar-refractivity contribution in [1.29, 1.82) is 0 Å². The van der Waals surface area contributed by atoms with E-state index in [9.17, 15) is 4.39 Å². The molecule has 7 heteroatoms. The van der Waals surface area contributed by atoms with E-state index in [0.717, 1.165) is 6.54 Å². The summed E-state index contributed by atoms with van der Waals surface area (Å²) in [5.41, 5.74) is 0.246. The molecule has 108 valence electrons. The number of hydrogen-bond acceptors (Lipinski definition) is 4. The van der Waals surface area contributed by atoms with Gasteiger partial charge >= 0.3 is 0 Å². The van der Waals surface area contributed by atoms with Crippen LogP contribution in [-0.2, 0) is 0 Å². The number of rotatable bonds is 5. The molecule has 0 saturated carbocycles. The quantitative estimate of drug-likeness (QED) is 0.922. The Kier molecular flexibility index (Phi) is 4.67. The number of benzene rings is 1. The zero-order valence-corrected chi connectivity index (χ0v) is 12.4. The first-order valence-corrected chi connectivity index (χ1v) is 6.84. The first-order chi connectivity index (χ1) is 9.49. The summed E-state index contributed by atoms with van der Waals surface area (Å²) in [6, 6.07) is 4.21. The van der Waals surface area contributed by atoms with Gasteiger partial charge in [0.1, 0.15) is 11.5 Å². The SMILES string of the molecule is CC(C)CNC(C)c1nnnn1-c1cc(Cl)ccc1F. The van der Waals surface area contributed by atoms with Crippen molar-refractivity contribution in [2.75, 3.05) is 6.54 Å². The molecule has 1 atom stereocenters. The van der Waals surface area contributed by atoms with Crippen LogP contribution < -0.4 is 5.32 Å². The number of nitrogens with one attached hydrogen (secondary N) is 1. The van der Waals surface area contributed by atoms with Gasteiger partial charge in [-0.3, -0.25) is 0 Å². The monoisotopic (exact) mass is 297 g/mol. The van der Waals surface area contributed by atoms with Crippen molar-refractivity contribution in [2.45, 2.75) is 26.8 Å². The molecule has 1 aromatic heterocycles. The highest BCUT2D eigenvalue weighted by Gasteiger charge is 2.18. The molecule has 0 saturated heterocycles. The minimum atomic E-state index is -0.418. The molecule has 0 radical (unpaired) electrons. The fraction of sp³-hybridized carbons (Fsp3) is 0.462. The Labute approximate surface area is 122 Å². The summed E-state index contributed by atoms with van der Waals surface area (Å²) in [6.07, 6.45) is 0. The Hall–Kier alpha value is -1.53. The topological polar surface area (TPSA) is 55.6 Å². The van der Waals surface area contributed by atoms with Crippen LogP contribution in [0.15, 0.2) is 18.2 Å². The lowest BCUT2D eigenvalue weighted by Crippen LogP contribution is -2.26. The molecule has 20 heavy (non-hydrogen) atoms. The fourth-order valence-corrected chi connectivity index (χ4v) is 1.95. The Morgan fingerprint density at radius 2 is 2.10 bits per heavy atom. The smallest absolute Gasteiger partial charge is 0.173 e. The van der Waals surface area contributed by atoms with Crippen molar-refractivity contribution in [1.82, 2.24) is 25.5 Å². The maximum absolute atomic E-state index is 13.9. The van der Waals surface area contributed by atoms with Crippen LogP contribution in [0.3, 0.4) is 0 Å². The Bertz CT molecular complexity index is 584. The number of halogens is 2. The molecule has 2 rings (SSSR count). The average molecular weight is 298 g/mol. The molecule has 2 aromatic rings. The number of nitrogens with zero attached hydrogens (tertiary/aromatic N) is 4. The lowest BCUT2D eigenvalue weighted by Gasteiger charge is -2.15. The maximum Gasteiger partial charge on any atom is 0.173 e. The van der Waals surface area contributed by atoms with Gasteiger partial charge in [0.25, 0.3) is 0 Å². The van der Waals surface area contributed by atoms with E-state index in [4.69, 9.17) is 11.6 Å². The van der Waals surface area contributed by atoms with Crippen LogP contribution in [0, 0.1) is 11.7 Å². The minimum absolute atomic E-state index is 0.0919. The molecular formula is C13H17ClFN5. The Morgan fingerprint density at radius 3 is 2.80 bits per heavy atom. The molecule has 1 heterocycles. The van der Waals surface area contributed by atoms with Gasteiger partial charge in [-0.2, -0.15) is 4.68 Å². The summed E-state index contributed by atoms with van der Waals surface area (Å²) in [5.74, 6) is 0.635. The molecule has 0 bridgehead atoms. The van der Waals surface area contributed by atoms with E-state index in [2.05, 4.69) is 34.7 Å². The standard InChI is InChI=1S/C13H17ClFN5/c1-8(2)7-16-9(3)13-17-18-19-20(13)12-6-10(14)4-5-11(12)15/h4-6,8-9,16H,7H2,1-3H3. The minimum Gasteiger partial charge on any atom is -0.307 e. The zero-order chi connectivity index (χ0) is 14.7. The van der Waals surface area contributed by atoms with Crippen molar-refractivity contribution < 1.29 is 4.39 Å². The van der Waals surface area contributed by atoms with Crippen LogP contribution >= 0.6 is 11.6 Å². The summed E-state index contributed by atoms with van der Waals surface area (Å²) in [4.78, 5) is 0. The van der Waals surface area contributed by atoms with Gasteiger partial charge in [-0.15, -0.1) is 5.10 Å². The van der Waals surface area contributed by atoms with Gasteiger partial charge in [-0.1, -0.05) is 25.4 Å². The lowest BCUT2D eigenvalue weighted by molar-refractivity contribution is 0.473. The molecule has 0 aliphatic heterocycles. The van der Waals surface area contributed by atoms with E-state index in [1.165, 1.54) is 22.9 Å². The molecule has 0 spiro atoms. The Morgan fingerprint density at radius 1 is 1.35 bits per heavy atom. The van der Waals surface area contributed by atoms with E-state index in [1.54, 1.807) is 0 Å². The lowest BCUT2D eigenvalue weighted by atomic mass is 10.2. The van der Waals surface area contributed by atoms with Gasteiger partial charge in [0.2, 0.25) is 0 Å². The van der Waals surface area contributed by atoms with E-state index in [1.807, 2.05) is 6.92 Å². The van der Waals surface area contributed by atoms with E-state index >= 15 is 0 Å². The van der Waals surface area contributed by atoms with Crippen molar-refractivity contribution >= 4 is 11.6 Å². The molecule has 1 unspecified atom stereocenters. The van der Waals surface area contributed by atoms with E-state index in [0.29, 0.717) is 16.8 Å². The fourth-order valence-electron chi connectivity index (χ4n) is 1.79. The molecule has 5 nitrogen and oxygen atoms in total. The Balaban J connectivity index is 2.30. The van der Waals surface area contributed by atoms with Crippen molar-refractivity contribution in [2.24, 2.45) is 5.92 Å². The first kappa shape index (κ1) is 14.9. The van der Waals surface area contributed by atoms with Crippen LogP contribution in [-0.4, -0.2) is 26.8 Å². The maximum atomic E-state index is 13.9. The summed E-state index contributed by atoms with van der Waals surface area (Å²) >= 11 is 5.90. The molecule has 0 fully saturated rings. The second-order valence-corrected chi connectivity index (χ2v) is 5.50. The van der Waals surface area contributed by atoms with E-state index in [-0.39, 0.29) is 11.7 Å². The number of aromatic nitrogens is 4. The van der Waals surface area contributed by atoms with Crippen molar-refractivity contribution in [3.8, 4) is 5.69 Å². The number of tetrazole rings is 1. The largest absolute Gasteiger partial charge is 0.307 e. The van der Waals surface area contributed by atoms with Crippen LogP contribution in [0.1, 0.15) is 32.6 Å². The summed E-state index contributed by atoms with van der Waals surface area (Å²) in [7, 11) is 0. The van der Waals surface area contributed by atoms with Gasteiger partial charge < -0.3 is 5.32 Å². The zero-order valence-electron chi connectivity index (χ0n) is 11.6. The van der Waals surface area contributed by atoms with Crippen molar-refractivity contribution in [3.63, 3.8) is 0 Å². The molecule has 1 N–H and O–H groups in total. The molecular weight excluding hydrogens is 281 g/mol. The summed E-state index contributed by atoms with van der Waals surface area (Å²) < 4.78 is 15.3. The van der Waals surface area contributed by atoms with Gasteiger partial charge in [-0.05, 0) is 48.0 Å². The third-order valence-electron chi connectivity index (χ3n) is 2.85. The normalized spacial score (nSPS) is 12.9. The highest BCUT2D eigenvalue weighted by molar-refractivity contribution is 6.30. The molecule has 0 amide bonds. The second-order valence-electron chi connectivity index (χ2n) is 5.07. The highest BCUT2D eigenvalue weighted by Crippen LogP contribution is 2.21. The average Bonchev–Trinajstić information content (AvgIpc) is 2.88. The van der Waals surface area contributed by atoms with Gasteiger partial charge in [0, 0.05) is 5.02 Å². The van der Waals surface area contributed by atoms with Crippen LogP contribution in [0.25, 0.3) is 5.69 Å². The molecule has 1 aromatic carbocycles. The first-order valence-electron chi connectivity index (χ1n) is 6.46. The third kappa shape index (κ3) is 3.32.